The third kappa shape index (κ3) is 50.9. The molecule has 0 spiro atoms. The first-order valence-corrected chi connectivity index (χ1v) is 28.3. The molecule has 0 bridgehead atoms. The Morgan fingerprint density at radius 3 is 0.891 bits per heavy atom. The van der Waals surface area contributed by atoms with Crippen LogP contribution in [0.15, 0.2) is 24.3 Å². The fraction of sp³-hybridized carbons (Fsp3) is 0.879. The van der Waals surface area contributed by atoms with Crippen LogP contribution in [0.25, 0.3) is 0 Å². The van der Waals surface area contributed by atoms with E-state index in [1.807, 2.05) is 0 Å². The van der Waals surface area contributed by atoms with Crippen LogP contribution in [0.4, 0.5) is 0 Å². The fourth-order valence-corrected chi connectivity index (χ4v) is 8.42. The molecule has 0 fully saturated rings. The predicted octanol–water partition coefficient (Wildman–Crippen LogP) is 18.7. The van der Waals surface area contributed by atoms with Gasteiger partial charge in [0.1, 0.15) is 13.2 Å². The van der Waals surface area contributed by atoms with E-state index in [-0.39, 0.29) is 31.1 Å². The summed E-state index contributed by atoms with van der Waals surface area (Å²) in [6.07, 6.45) is 61.7. The molecule has 0 amide bonds. The second kappa shape index (κ2) is 53.5. The van der Waals surface area contributed by atoms with Crippen LogP contribution in [0, 0.1) is 0 Å². The van der Waals surface area contributed by atoms with Crippen LogP contribution in [-0.2, 0) is 28.6 Å². The largest absolute Gasteiger partial charge is 0.462 e. The van der Waals surface area contributed by atoms with E-state index in [1.165, 1.54) is 193 Å². The van der Waals surface area contributed by atoms with Crippen LogP contribution in [-0.4, -0.2) is 37.2 Å². The molecule has 376 valence electrons. The predicted molar refractivity (Wildman–Crippen MR) is 275 cm³/mol. The van der Waals surface area contributed by atoms with Crippen molar-refractivity contribution in [1.82, 2.24) is 0 Å². The number of carbonyl (C=O) groups excluding carboxylic acids is 3. The van der Waals surface area contributed by atoms with Gasteiger partial charge in [0.25, 0.3) is 0 Å². The quantitative estimate of drug-likeness (QED) is 0.0262. The Balaban J connectivity index is 4.24. The van der Waals surface area contributed by atoms with Crippen molar-refractivity contribution >= 4 is 17.9 Å². The Hall–Kier alpha value is -2.11. The van der Waals surface area contributed by atoms with Gasteiger partial charge in [-0.25, -0.2) is 0 Å². The number of unbranched alkanes of at least 4 members (excludes halogenated alkanes) is 37. The Morgan fingerprint density at radius 2 is 0.562 bits per heavy atom. The minimum absolute atomic E-state index is 0.0719. The molecule has 0 aromatic heterocycles. The third-order valence-electron chi connectivity index (χ3n) is 12.7. The van der Waals surface area contributed by atoms with Crippen molar-refractivity contribution in [3.8, 4) is 0 Å². The summed E-state index contributed by atoms with van der Waals surface area (Å²) in [5.41, 5.74) is 0. The molecule has 0 N–H and O–H groups in total. The number of esters is 3. The van der Waals surface area contributed by atoms with Gasteiger partial charge in [0.15, 0.2) is 6.10 Å². The molecule has 0 rings (SSSR count). The number of ether oxygens (including phenoxy) is 3. The Labute approximate surface area is 398 Å². The Bertz CT molecular complexity index is 1040. The number of rotatable bonds is 52. The zero-order chi connectivity index (χ0) is 46.5. The van der Waals surface area contributed by atoms with Crippen LogP contribution >= 0.6 is 0 Å². The lowest BCUT2D eigenvalue weighted by atomic mass is 10.0. The van der Waals surface area contributed by atoms with Crippen molar-refractivity contribution in [3.05, 3.63) is 24.3 Å². The average Bonchev–Trinajstić information content (AvgIpc) is 3.29. The second-order valence-electron chi connectivity index (χ2n) is 19.2. The second-order valence-corrected chi connectivity index (χ2v) is 19.2. The number of carbonyl (C=O) groups is 3. The first-order valence-electron chi connectivity index (χ1n) is 28.3. The van der Waals surface area contributed by atoms with Crippen LogP contribution in [0.5, 0.6) is 0 Å². The molecular formula is C58H108O6. The monoisotopic (exact) mass is 901 g/mol. The standard InChI is InChI=1S/C58H108O6/c1-4-7-10-13-16-19-22-24-26-27-28-29-30-31-33-34-36-39-42-45-48-51-57(60)63-54-55(53-62-56(59)50-47-44-41-38-21-18-15-12-9-6-3)64-58(61)52-49-46-43-40-37-35-32-25-23-20-17-14-11-8-5-2/h17,20,25,32,55H,4-16,18-19,21-24,26-31,33-54H2,1-3H3/b20-17-,32-25-. The van der Waals surface area contributed by atoms with E-state index >= 15 is 0 Å². The minimum atomic E-state index is -0.772. The van der Waals surface area contributed by atoms with E-state index in [1.54, 1.807) is 0 Å². The highest BCUT2D eigenvalue weighted by Gasteiger charge is 2.19. The van der Waals surface area contributed by atoms with Gasteiger partial charge in [0.2, 0.25) is 0 Å². The molecule has 1 unspecified atom stereocenters. The van der Waals surface area contributed by atoms with Crippen molar-refractivity contribution in [2.75, 3.05) is 13.2 Å². The van der Waals surface area contributed by atoms with Gasteiger partial charge in [-0.05, 0) is 51.4 Å². The smallest absolute Gasteiger partial charge is 0.306 e. The van der Waals surface area contributed by atoms with Gasteiger partial charge < -0.3 is 14.2 Å². The van der Waals surface area contributed by atoms with Gasteiger partial charge in [-0.15, -0.1) is 0 Å². The highest BCUT2D eigenvalue weighted by Crippen LogP contribution is 2.17. The maximum absolute atomic E-state index is 12.8. The van der Waals surface area contributed by atoms with Crippen molar-refractivity contribution in [2.24, 2.45) is 0 Å². The van der Waals surface area contributed by atoms with Crippen LogP contribution in [0.3, 0.4) is 0 Å². The van der Waals surface area contributed by atoms with Gasteiger partial charge in [0, 0.05) is 19.3 Å². The molecular weight excluding hydrogens is 793 g/mol. The summed E-state index contributed by atoms with van der Waals surface area (Å²) in [4.78, 5) is 38.0. The third-order valence-corrected chi connectivity index (χ3v) is 12.7. The van der Waals surface area contributed by atoms with Crippen LogP contribution < -0.4 is 0 Å². The number of hydrogen-bond acceptors (Lipinski definition) is 6. The summed E-state index contributed by atoms with van der Waals surface area (Å²) in [6, 6.07) is 0. The normalized spacial score (nSPS) is 12.1. The van der Waals surface area contributed by atoms with Gasteiger partial charge in [-0.3, -0.25) is 14.4 Å². The summed E-state index contributed by atoms with van der Waals surface area (Å²) in [5, 5.41) is 0. The molecule has 6 heteroatoms. The zero-order valence-corrected chi connectivity index (χ0v) is 43.1. The summed E-state index contributed by atoms with van der Waals surface area (Å²) in [6.45, 7) is 6.63. The van der Waals surface area contributed by atoms with E-state index in [0.29, 0.717) is 19.3 Å². The molecule has 0 aromatic rings. The fourth-order valence-electron chi connectivity index (χ4n) is 8.42. The van der Waals surface area contributed by atoms with Gasteiger partial charge in [-0.1, -0.05) is 263 Å². The number of allylic oxidation sites excluding steroid dienone is 4. The molecule has 0 heterocycles. The lowest BCUT2D eigenvalue weighted by molar-refractivity contribution is -0.167. The summed E-state index contributed by atoms with van der Waals surface area (Å²) in [5.74, 6) is -0.869. The summed E-state index contributed by atoms with van der Waals surface area (Å²) < 4.78 is 16.8. The highest BCUT2D eigenvalue weighted by molar-refractivity contribution is 5.71. The molecule has 0 radical (unpaired) electrons. The van der Waals surface area contributed by atoms with Crippen molar-refractivity contribution in [2.45, 2.75) is 316 Å². The molecule has 0 aromatic carbocycles. The molecule has 0 saturated carbocycles. The lowest BCUT2D eigenvalue weighted by Crippen LogP contribution is -2.30. The molecule has 6 nitrogen and oxygen atoms in total. The maximum Gasteiger partial charge on any atom is 0.306 e. The topological polar surface area (TPSA) is 78.9 Å². The first-order chi connectivity index (χ1) is 31.5. The summed E-state index contributed by atoms with van der Waals surface area (Å²) in [7, 11) is 0. The van der Waals surface area contributed by atoms with Crippen molar-refractivity contribution < 1.29 is 28.6 Å². The van der Waals surface area contributed by atoms with E-state index in [0.717, 1.165) is 77.0 Å². The average molecular weight is 901 g/mol. The van der Waals surface area contributed by atoms with E-state index < -0.39 is 6.10 Å². The molecule has 0 aliphatic carbocycles. The Kier molecular flexibility index (Phi) is 51.7. The van der Waals surface area contributed by atoms with Crippen molar-refractivity contribution in [1.29, 1.82) is 0 Å². The summed E-state index contributed by atoms with van der Waals surface area (Å²) >= 11 is 0. The van der Waals surface area contributed by atoms with Gasteiger partial charge >= 0.3 is 17.9 Å². The lowest BCUT2D eigenvalue weighted by Gasteiger charge is -2.18. The van der Waals surface area contributed by atoms with Crippen LogP contribution in [0.1, 0.15) is 310 Å². The highest BCUT2D eigenvalue weighted by atomic mass is 16.6. The Morgan fingerprint density at radius 1 is 0.312 bits per heavy atom. The van der Waals surface area contributed by atoms with Crippen molar-refractivity contribution in [3.63, 3.8) is 0 Å². The van der Waals surface area contributed by atoms with Crippen LogP contribution in [0.2, 0.25) is 0 Å². The minimum Gasteiger partial charge on any atom is -0.462 e. The molecule has 0 aliphatic rings. The number of hydrogen-bond donors (Lipinski definition) is 0. The van der Waals surface area contributed by atoms with Gasteiger partial charge in [-0.2, -0.15) is 0 Å². The molecule has 0 saturated heterocycles. The van der Waals surface area contributed by atoms with Gasteiger partial charge in [0.05, 0.1) is 0 Å². The van der Waals surface area contributed by atoms with E-state index in [9.17, 15) is 14.4 Å². The zero-order valence-electron chi connectivity index (χ0n) is 43.1. The van der Waals surface area contributed by atoms with E-state index in [4.69, 9.17) is 14.2 Å². The molecule has 0 aliphatic heterocycles. The SMILES string of the molecule is CCCCC/C=C\C/C=C\CCCCCCCC(=O)OC(COC(=O)CCCCCCCCCCCC)COC(=O)CCCCCCCCCCCCCCCCCCCCCCC. The molecule has 1 atom stereocenters. The molecule has 64 heavy (non-hydrogen) atoms. The first kappa shape index (κ1) is 61.9. The van der Waals surface area contributed by atoms with E-state index in [2.05, 4.69) is 45.1 Å². The maximum atomic E-state index is 12.8.